The molecule has 0 bridgehead atoms. The van der Waals surface area contributed by atoms with Gasteiger partial charge in [-0.3, -0.25) is 4.79 Å². The molecule has 0 aliphatic carbocycles. The first kappa shape index (κ1) is 14.0. The second-order valence-electron chi connectivity index (χ2n) is 3.42. The van der Waals surface area contributed by atoms with Crippen molar-refractivity contribution < 1.29 is 4.79 Å². The standard InChI is InChI=1S/C11H12Br2ClNO/c1-7-5-8(12)6-9(13)11(7)15-10(16)3-2-4-14/h5-6H,2-4H2,1H3,(H,15,16). The Balaban J connectivity index is 2.77. The highest BCUT2D eigenvalue weighted by Crippen LogP contribution is 2.30. The minimum Gasteiger partial charge on any atom is -0.325 e. The van der Waals surface area contributed by atoms with Crippen LogP contribution in [-0.2, 0) is 4.79 Å². The largest absolute Gasteiger partial charge is 0.325 e. The summed E-state index contributed by atoms with van der Waals surface area (Å²) < 4.78 is 1.86. The van der Waals surface area contributed by atoms with Crippen LogP contribution in [0.5, 0.6) is 0 Å². The number of halogens is 3. The van der Waals surface area contributed by atoms with E-state index in [1.165, 1.54) is 0 Å². The van der Waals surface area contributed by atoms with E-state index < -0.39 is 0 Å². The van der Waals surface area contributed by atoms with Gasteiger partial charge in [-0.15, -0.1) is 11.6 Å². The molecular formula is C11H12Br2ClNO. The van der Waals surface area contributed by atoms with Crippen LogP contribution in [-0.4, -0.2) is 11.8 Å². The first-order valence-corrected chi connectivity index (χ1v) is 6.98. The van der Waals surface area contributed by atoms with E-state index >= 15 is 0 Å². The quantitative estimate of drug-likeness (QED) is 0.779. The van der Waals surface area contributed by atoms with E-state index in [2.05, 4.69) is 37.2 Å². The van der Waals surface area contributed by atoms with Crippen molar-refractivity contribution >= 4 is 55.1 Å². The van der Waals surface area contributed by atoms with Gasteiger partial charge >= 0.3 is 0 Å². The summed E-state index contributed by atoms with van der Waals surface area (Å²) in [6.07, 6.45) is 1.14. The zero-order chi connectivity index (χ0) is 12.1. The van der Waals surface area contributed by atoms with Crippen LogP contribution in [0, 0.1) is 6.92 Å². The summed E-state index contributed by atoms with van der Waals surface area (Å²) in [5.74, 6) is 0.500. The molecule has 1 rings (SSSR count). The molecule has 2 nitrogen and oxygen atoms in total. The number of alkyl halides is 1. The molecule has 1 aromatic carbocycles. The molecule has 0 aromatic heterocycles. The number of benzene rings is 1. The molecule has 0 fully saturated rings. The fraction of sp³-hybridized carbons (Fsp3) is 0.364. The Morgan fingerprint density at radius 2 is 2.12 bits per heavy atom. The van der Waals surface area contributed by atoms with Gasteiger partial charge in [0.25, 0.3) is 0 Å². The highest BCUT2D eigenvalue weighted by molar-refractivity contribution is 9.11. The lowest BCUT2D eigenvalue weighted by Crippen LogP contribution is -2.12. The predicted molar refractivity (Wildman–Crippen MR) is 75.2 cm³/mol. The lowest BCUT2D eigenvalue weighted by molar-refractivity contribution is -0.116. The Hall–Kier alpha value is -0.0600. The summed E-state index contributed by atoms with van der Waals surface area (Å²) in [5.41, 5.74) is 1.84. The van der Waals surface area contributed by atoms with Crippen LogP contribution in [0.2, 0.25) is 0 Å². The lowest BCUT2D eigenvalue weighted by Gasteiger charge is -2.11. The van der Waals surface area contributed by atoms with Crippen molar-refractivity contribution in [2.45, 2.75) is 19.8 Å². The second kappa shape index (κ2) is 6.62. The summed E-state index contributed by atoms with van der Waals surface area (Å²) in [7, 11) is 0. The highest BCUT2D eigenvalue weighted by Gasteiger charge is 2.08. The van der Waals surface area contributed by atoms with Gasteiger partial charge in [-0.05, 0) is 47.0 Å². The van der Waals surface area contributed by atoms with Crippen molar-refractivity contribution in [3.8, 4) is 0 Å². The number of hydrogen-bond donors (Lipinski definition) is 1. The average molecular weight is 369 g/mol. The Bertz CT molecular complexity index is 373. The van der Waals surface area contributed by atoms with Crippen molar-refractivity contribution in [2.75, 3.05) is 11.2 Å². The monoisotopic (exact) mass is 367 g/mol. The topological polar surface area (TPSA) is 29.1 Å². The molecule has 0 saturated heterocycles. The van der Waals surface area contributed by atoms with Crippen LogP contribution in [0.1, 0.15) is 18.4 Å². The molecule has 88 valence electrons. The van der Waals surface area contributed by atoms with Crippen molar-refractivity contribution in [1.82, 2.24) is 0 Å². The van der Waals surface area contributed by atoms with E-state index in [0.29, 0.717) is 18.7 Å². The number of rotatable bonds is 4. The van der Waals surface area contributed by atoms with Gasteiger partial charge in [0.05, 0.1) is 5.69 Å². The van der Waals surface area contributed by atoms with Crippen molar-refractivity contribution in [3.63, 3.8) is 0 Å². The number of amides is 1. The Labute approximate surface area is 117 Å². The van der Waals surface area contributed by atoms with E-state index in [-0.39, 0.29) is 5.91 Å². The third-order valence-electron chi connectivity index (χ3n) is 2.05. The zero-order valence-corrected chi connectivity index (χ0v) is 12.7. The minimum atomic E-state index is -0.00762. The first-order chi connectivity index (χ1) is 7.54. The van der Waals surface area contributed by atoms with Crippen LogP contribution >= 0.6 is 43.5 Å². The highest BCUT2D eigenvalue weighted by atomic mass is 79.9. The van der Waals surface area contributed by atoms with E-state index in [1.54, 1.807) is 0 Å². The first-order valence-electron chi connectivity index (χ1n) is 4.86. The van der Waals surface area contributed by atoms with Gasteiger partial charge < -0.3 is 5.32 Å². The normalized spacial score (nSPS) is 10.2. The van der Waals surface area contributed by atoms with Gasteiger partial charge in [-0.25, -0.2) is 0 Å². The Kier molecular flexibility index (Phi) is 5.79. The van der Waals surface area contributed by atoms with Gasteiger partial charge in [0.2, 0.25) is 5.91 Å². The maximum absolute atomic E-state index is 11.6. The number of hydrogen-bond acceptors (Lipinski definition) is 1. The fourth-order valence-corrected chi connectivity index (χ4v) is 2.96. The molecular weight excluding hydrogens is 357 g/mol. The third kappa shape index (κ3) is 4.07. The van der Waals surface area contributed by atoms with E-state index in [4.69, 9.17) is 11.6 Å². The van der Waals surface area contributed by atoms with Crippen LogP contribution in [0.4, 0.5) is 5.69 Å². The summed E-state index contributed by atoms with van der Waals surface area (Å²) in [6, 6.07) is 3.87. The summed E-state index contributed by atoms with van der Waals surface area (Å²) in [5, 5.41) is 2.88. The molecule has 0 atom stereocenters. The van der Waals surface area contributed by atoms with Crippen LogP contribution in [0.25, 0.3) is 0 Å². The number of carbonyl (C=O) groups is 1. The van der Waals surface area contributed by atoms with Gasteiger partial charge in [-0.1, -0.05) is 15.9 Å². The molecule has 1 amide bonds. The molecule has 0 aliphatic rings. The molecule has 0 spiro atoms. The van der Waals surface area contributed by atoms with Crippen LogP contribution < -0.4 is 5.32 Å². The molecule has 0 unspecified atom stereocenters. The summed E-state index contributed by atoms with van der Waals surface area (Å²) >= 11 is 12.4. The number of aryl methyl sites for hydroxylation is 1. The van der Waals surface area contributed by atoms with Gasteiger partial charge in [0.15, 0.2) is 0 Å². The fourth-order valence-electron chi connectivity index (χ4n) is 1.29. The molecule has 5 heteroatoms. The Morgan fingerprint density at radius 1 is 1.44 bits per heavy atom. The molecule has 0 saturated carbocycles. The number of nitrogens with one attached hydrogen (secondary N) is 1. The maximum atomic E-state index is 11.6. The second-order valence-corrected chi connectivity index (χ2v) is 5.57. The van der Waals surface area contributed by atoms with Crippen molar-refractivity contribution in [2.24, 2.45) is 0 Å². The average Bonchev–Trinajstić information content (AvgIpc) is 2.20. The smallest absolute Gasteiger partial charge is 0.224 e. The lowest BCUT2D eigenvalue weighted by atomic mass is 10.2. The van der Waals surface area contributed by atoms with Gasteiger partial charge in [-0.2, -0.15) is 0 Å². The number of anilines is 1. The van der Waals surface area contributed by atoms with Gasteiger partial charge in [0, 0.05) is 21.2 Å². The van der Waals surface area contributed by atoms with Crippen molar-refractivity contribution in [1.29, 1.82) is 0 Å². The van der Waals surface area contributed by atoms with E-state index in [1.807, 2.05) is 19.1 Å². The minimum absolute atomic E-state index is 0.00762. The molecule has 1 aromatic rings. The van der Waals surface area contributed by atoms with Crippen molar-refractivity contribution in [3.05, 3.63) is 26.6 Å². The molecule has 1 N–H and O–H groups in total. The van der Waals surface area contributed by atoms with Crippen LogP contribution in [0.15, 0.2) is 21.1 Å². The van der Waals surface area contributed by atoms with E-state index in [9.17, 15) is 4.79 Å². The zero-order valence-electron chi connectivity index (χ0n) is 8.82. The molecule has 0 heterocycles. The molecule has 0 radical (unpaired) electrons. The van der Waals surface area contributed by atoms with Crippen LogP contribution in [0.3, 0.4) is 0 Å². The van der Waals surface area contributed by atoms with E-state index in [0.717, 1.165) is 20.2 Å². The predicted octanol–water partition coefficient (Wildman–Crippen LogP) is 4.48. The number of carbonyl (C=O) groups excluding carboxylic acids is 1. The van der Waals surface area contributed by atoms with Gasteiger partial charge in [0.1, 0.15) is 0 Å². The maximum Gasteiger partial charge on any atom is 0.224 e. The summed E-state index contributed by atoms with van der Waals surface area (Å²) in [4.78, 5) is 11.6. The molecule has 0 aliphatic heterocycles. The Morgan fingerprint density at radius 3 is 2.69 bits per heavy atom. The SMILES string of the molecule is Cc1cc(Br)cc(Br)c1NC(=O)CCCCl. The third-order valence-corrected chi connectivity index (χ3v) is 3.40. The molecule has 16 heavy (non-hydrogen) atoms. The summed E-state index contributed by atoms with van der Waals surface area (Å²) in [6.45, 7) is 1.95.